The highest BCUT2D eigenvalue weighted by atomic mass is 32.2. The summed E-state index contributed by atoms with van der Waals surface area (Å²) in [5.41, 5.74) is 1.12. The molecule has 0 saturated carbocycles. The number of rotatable bonds is 7. The Balaban J connectivity index is 1.52. The first-order valence-electron chi connectivity index (χ1n) is 9.52. The van der Waals surface area contributed by atoms with Gasteiger partial charge in [-0.25, -0.2) is 22.0 Å². The largest absolute Gasteiger partial charge is 0.325 e. The standard InChI is InChI=1S/C20H24N4O5S2/c21-31(28,29)19-8-4-7-18(15-19)22-20(25)16-23-10-12-24(13-11-23)30(26,27)14-9-17-5-2-1-3-6-17/h1-9,14-15H,10-13,16H2,(H,22,25)(H2,21,28,29). The van der Waals surface area contributed by atoms with E-state index in [-0.39, 0.29) is 30.4 Å². The zero-order valence-corrected chi connectivity index (χ0v) is 18.3. The topological polar surface area (TPSA) is 130 Å². The Kier molecular flexibility index (Phi) is 7.23. The Morgan fingerprint density at radius 3 is 2.29 bits per heavy atom. The first kappa shape index (κ1) is 23.1. The number of nitrogens with zero attached hydrogens (tertiary/aromatic N) is 2. The molecule has 1 aliphatic heterocycles. The van der Waals surface area contributed by atoms with Gasteiger partial charge in [0.05, 0.1) is 11.4 Å². The molecule has 0 bridgehead atoms. The maximum atomic E-state index is 12.5. The number of anilines is 1. The summed E-state index contributed by atoms with van der Waals surface area (Å²) in [6, 6.07) is 14.9. The number of carbonyl (C=O) groups is 1. The summed E-state index contributed by atoms with van der Waals surface area (Å²) in [6.45, 7) is 1.42. The summed E-state index contributed by atoms with van der Waals surface area (Å²) >= 11 is 0. The van der Waals surface area contributed by atoms with E-state index in [0.29, 0.717) is 18.8 Å². The second-order valence-corrected chi connectivity index (χ2v) is 10.4. The molecule has 0 radical (unpaired) electrons. The fraction of sp³-hybridized carbons (Fsp3) is 0.250. The summed E-state index contributed by atoms with van der Waals surface area (Å²) in [7, 11) is -7.40. The second-order valence-electron chi connectivity index (χ2n) is 7.05. The molecule has 1 fully saturated rings. The third kappa shape index (κ3) is 6.71. The second kappa shape index (κ2) is 9.71. The van der Waals surface area contributed by atoms with E-state index in [0.717, 1.165) is 5.56 Å². The summed E-state index contributed by atoms with van der Waals surface area (Å²) < 4.78 is 49.3. The smallest absolute Gasteiger partial charge is 0.238 e. The number of nitrogens with one attached hydrogen (secondary N) is 1. The minimum atomic E-state index is -3.86. The van der Waals surface area contributed by atoms with E-state index in [1.807, 2.05) is 35.2 Å². The van der Waals surface area contributed by atoms with Crippen molar-refractivity contribution in [1.29, 1.82) is 0 Å². The number of amides is 1. The maximum absolute atomic E-state index is 12.5. The molecule has 1 aliphatic rings. The van der Waals surface area contributed by atoms with Gasteiger partial charge in [-0.05, 0) is 29.8 Å². The van der Waals surface area contributed by atoms with Crippen molar-refractivity contribution in [3.05, 3.63) is 65.6 Å². The number of nitrogens with two attached hydrogens (primary N) is 1. The lowest BCUT2D eigenvalue weighted by molar-refractivity contribution is -0.117. The van der Waals surface area contributed by atoms with Crippen molar-refractivity contribution in [3.63, 3.8) is 0 Å². The molecule has 3 rings (SSSR count). The number of carbonyl (C=O) groups excluding carboxylic acids is 1. The van der Waals surface area contributed by atoms with E-state index < -0.39 is 20.0 Å². The Hall–Kier alpha value is -2.57. The molecule has 31 heavy (non-hydrogen) atoms. The normalized spacial score (nSPS) is 16.4. The van der Waals surface area contributed by atoms with Crippen molar-refractivity contribution in [2.45, 2.75) is 4.90 Å². The molecule has 1 saturated heterocycles. The zero-order valence-electron chi connectivity index (χ0n) is 16.7. The van der Waals surface area contributed by atoms with Crippen LogP contribution >= 0.6 is 0 Å². The summed E-state index contributed by atoms with van der Waals surface area (Å²) in [6.07, 6.45) is 1.56. The number of primary sulfonamides is 1. The van der Waals surface area contributed by atoms with Crippen LogP contribution in [-0.2, 0) is 24.8 Å². The molecule has 0 atom stereocenters. The molecule has 2 aromatic carbocycles. The fourth-order valence-corrected chi connectivity index (χ4v) is 4.84. The molecular formula is C20H24N4O5S2. The van der Waals surface area contributed by atoms with Crippen molar-refractivity contribution >= 4 is 37.7 Å². The van der Waals surface area contributed by atoms with Crippen LogP contribution in [0.15, 0.2) is 64.9 Å². The zero-order chi connectivity index (χ0) is 22.5. The van der Waals surface area contributed by atoms with Gasteiger partial charge in [-0.15, -0.1) is 0 Å². The van der Waals surface area contributed by atoms with Crippen LogP contribution in [0.2, 0.25) is 0 Å². The van der Waals surface area contributed by atoms with Crippen molar-refractivity contribution in [1.82, 2.24) is 9.21 Å². The van der Waals surface area contributed by atoms with Gasteiger partial charge in [0.1, 0.15) is 0 Å². The lowest BCUT2D eigenvalue weighted by Crippen LogP contribution is -2.49. The minimum Gasteiger partial charge on any atom is -0.325 e. The van der Waals surface area contributed by atoms with Gasteiger partial charge >= 0.3 is 0 Å². The van der Waals surface area contributed by atoms with E-state index in [4.69, 9.17) is 5.14 Å². The van der Waals surface area contributed by atoms with Crippen molar-refractivity contribution < 1.29 is 21.6 Å². The predicted octanol–water partition coefficient (Wildman–Crippen LogP) is 0.891. The third-order valence-electron chi connectivity index (χ3n) is 4.74. The first-order valence-corrected chi connectivity index (χ1v) is 12.6. The van der Waals surface area contributed by atoms with Gasteiger partial charge in [0, 0.05) is 37.3 Å². The van der Waals surface area contributed by atoms with E-state index in [1.165, 1.54) is 27.9 Å². The molecule has 3 N–H and O–H groups in total. The molecule has 0 aromatic heterocycles. The van der Waals surface area contributed by atoms with E-state index in [1.54, 1.807) is 12.1 Å². The van der Waals surface area contributed by atoms with E-state index in [2.05, 4.69) is 5.32 Å². The highest BCUT2D eigenvalue weighted by Gasteiger charge is 2.26. The van der Waals surface area contributed by atoms with Crippen LogP contribution in [0, 0.1) is 0 Å². The molecule has 0 spiro atoms. The predicted molar refractivity (Wildman–Crippen MR) is 119 cm³/mol. The van der Waals surface area contributed by atoms with E-state index in [9.17, 15) is 21.6 Å². The number of benzene rings is 2. The maximum Gasteiger partial charge on any atom is 0.238 e. The van der Waals surface area contributed by atoms with Gasteiger partial charge in [-0.1, -0.05) is 36.4 Å². The summed E-state index contributed by atoms with van der Waals surface area (Å²) in [4.78, 5) is 14.1. The highest BCUT2D eigenvalue weighted by Crippen LogP contribution is 2.15. The van der Waals surface area contributed by atoms with Crippen LogP contribution in [0.25, 0.3) is 6.08 Å². The van der Waals surface area contributed by atoms with Gasteiger partial charge in [0.25, 0.3) is 0 Å². The fourth-order valence-electron chi connectivity index (χ4n) is 3.11. The highest BCUT2D eigenvalue weighted by molar-refractivity contribution is 7.92. The number of hydrogen-bond donors (Lipinski definition) is 2. The van der Waals surface area contributed by atoms with Crippen LogP contribution in [0.1, 0.15) is 5.56 Å². The average molecular weight is 465 g/mol. The Labute approximate surface area is 182 Å². The van der Waals surface area contributed by atoms with Gasteiger partial charge in [-0.3, -0.25) is 9.69 Å². The van der Waals surface area contributed by atoms with Crippen LogP contribution in [-0.4, -0.2) is 64.7 Å². The quantitative estimate of drug-likeness (QED) is 0.626. The van der Waals surface area contributed by atoms with Crippen LogP contribution in [0.5, 0.6) is 0 Å². The Morgan fingerprint density at radius 1 is 0.968 bits per heavy atom. The number of hydrogen-bond acceptors (Lipinski definition) is 6. The van der Waals surface area contributed by atoms with Crippen LogP contribution in [0.3, 0.4) is 0 Å². The van der Waals surface area contributed by atoms with Gasteiger partial charge in [0.15, 0.2) is 0 Å². The monoisotopic (exact) mass is 464 g/mol. The number of piperazine rings is 1. The average Bonchev–Trinajstić information content (AvgIpc) is 2.73. The van der Waals surface area contributed by atoms with Crippen molar-refractivity contribution in [2.24, 2.45) is 5.14 Å². The van der Waals surface area contributed by atoms with Gasteiger partial charge in [0.2, 0.25) is 26.0 Å². The third-order valence-corrected chi connectivity index (χ3v) is 7.21. The number of sulfonamides is 2. The Bertz CT molecular complexity index is 1160. The summed E-state index contributed by atoms with van der Waals surface area (Å²) in [5, 5.41) is 8.94. The molecule has 166 valence electrons. The summed E-state index contributed by atoms with van der Waals surface area (Å²) in [5.74, 6) is -0.327. The lowest BCUT2D eigenvalue weighted by Gasteiger charge is -2.32. The molecule has 1 heterocycles. The van der Waals surface area contributed by atoms with Crippen LogP contribution in [0.4, 0.5) is 5.69 Å². The molecule has 2 aromatic rings. The molecule has 0 unspecified atom stereocenters. The molecule has 0 aliphatic carbocycles. The van der Waals surface area contributed by atoms with Gasteiger partial charge in [-0.2, -0.15) is 4.31 Å². The van der Waals surface area contributed by atoms with E-state index >= 15 is 0 Å². The molecular weight excluding hydrogens is 440 g/mol. The lowest BCUT2D eigenvalue weighted by atomic mass is 10.2. The molecule has 9 nitrogen and oxygen atoms in total. The van der Waals surface area contributed by atoms with Crippen molar-refractivity contribution in [2.75, 3.05) is 38.0 Å². The van der Waals surface area contributed by atoms with Gasteiger partial charge < -0.3 is 5.32 Å². The molecule has 1 amide bonds. The minimum absolute atomic E-state index is 0.0628. The van der Waals surface area contributed by atoms with Crippen LogP contribution < -0.4 is 10.5 Å². The molecule has 11 heteroatoms. The Morgan fingerprint density at radius 2 is 1.65 bits per heavy atom. The first-order chi connectivity index (χ1) is 14.6. The van der Waals surface area contributed by atoms with Crippen molar-refractivity contribution in [3.8, 4) is 0 Å². The SMILES string of the molecule is NS(=O)(=O)c1cccc(NC(=O)CN2CCN(S(=O)(=O)C=Cc3ccccc3)CC2)c1.